The highest BCUT2D eigenvalue weighted by Gasteiger charge is 2.01. The van der Waals surface area contributed by atoms with Gasteiger partial charge in [0.2, 0.25) is 0 Å². The Kier molecular flexibility index (Phi) is 6.88. The molecule has 2 aromatic rings. The summed E-state index contributed by atoms with van der Waals surface area (Å²) in [6, 6.07) is 13.6. The van der Waals surface area contributed by atoms with E-state index in [1.807, 2.05) is 24.3 Å². The number of halogens is 2. The molecule has 0 saturated heterocycles. The first-order chi connectivity index (χ1) is 10.7. The number of anilines is 1. The van der Waals surface area contributed by atoms with Crippen molar-refractivity contribution >= 4 is 28.9 Å². The minimum absolute atomic E-state index is 0.628. The Bertz CT molecular complexity index is 584. The summed E-state index contributed by atoms with van der Waals surface area (Å²) in [6.45, 7) is 3.68. The zero-order chi connectivity index (χ0) is 15.8. The highest BCUT2D eigenvalue weighted by molar-refractivity contribution is 6.36. The fraction of sp³-hybridized carbons (Fsp3) is 0.333. The Hall–Kier alpha value is -1.38. The zero-order valence-electron chi connectivity index (χ0n) is 12.7. The fourth-order valence-corrected chi connectivity index (χ4v) is 2.55. The van der Waals surface area contributed by atoms with Crippen LogP contribution in [0.2, 0.25) is 10.0 Å². The summed E-state index contributed by atoms with van der Waals surface area (Å²) >= 11 is 12.0. The summed E-state index contributed by atoms with van der Waals surface area (Å²) in [5.74, 6) is 0.921. The van der Waals surface area contributed by atoms with E-state index in [1.54, 1.807) is 6.07 Å². The molecular weight excluding hydrogens is 317 g/mol. The molecule has 0 aliphatic heterocycles. The molecule has 2 nitrogen and oxygen atoms in total. The Morgan fingerprint density at radius 3 is 2.45 bits per heavy atom. The van der Waals surface area contributed by atoms with Crippen molar-refractivity contribution in [3.63, 3.8) is 0 Å². The topological polar surface area (TPSA) is 21.3 Å². The van der Waals surface area contributed by atoms with Crippen molar-refractivity contribution in [1.29, 1.82) is 0 Å². The van der Waals surface area contributed by atoms with Crippen LogP contribution >= 0.6 is 23.2 Å². The molecule has 0 amide bonds. The Labute approximate surface area is 142 Å². The van der Waals surface area contributed by atoms with Crippen molar-refractivity contribution < 1.29 is 4.74 Å². The summed E-state index contributed by atoms with van der Waals surface area (Å²) in [7, 11) is 0. The Morgan fingerprint density at radius 2 is 1.77 bits per heavy atom. The van der Waals surface area contributed by atoms with E-state index in [-0.39, 0.29) is 0 Å². The SMILES string of the molecule is CCCCCOc1ccc(CNc2ccc(Cl)cc2Cl)cc1. The van der Waals surface area contributed by atoms with E-state index in [4.69, 9.17) is 27.9 Å². The van der Waals surface area contributed by atoms with E-state index < -0.39 is 0 Å². The van der Waals surface area contributed by atoms with E-state index in [0.29, 0.717) is 16.6 Å². The average molecular weight is 338 g/mol. The molecule has 0 radical (unpaired) electrons. The number of unbranched alkanes of at least 4 members (excludes halogenated alkanes) is 2. The van der Waals surface area contributed by atoms with Gasteiger partial charge >= 0.3 is 0 Å². The van der Waals surface area contributed by atoms with Gasteiger partial charge in [0.05, 0.1) is 17.3 Å². The number of hydrogen-bond donors (Lipinski definition) is 1. The molecule has 0 atom stereocenters. The summed E-state index contributed by atoms with van der Waals surface area (Å²) in [5, 5.41) is 4.57. The van der Waals surface area contributed by atoms with E-state index >= 15 is 0 Å². The van der Waals surface area contributed by atoms with Crippen molar-refractivity contribution in [3.05, 3.63) is 58.1 Å². The Balaban J connectivity index is 1.83. The molecule has 118 valence electrons. The van der Waals surface area contributed by atoms with Gasteiger partial charge in [0.25, 0.3) is 0 Å². The molecule has 0 heterocycles. The third kappa shape index (κ3) is 5.43. The second kappa shape index (κ2) is 8.92. The lowest BCUT2D eigenvalue weighted by Crippen LogP contribution is -2.01. The van der Waals surface area contributed by atoms with E-state index in [9.17, 15) is 0 Å². The lowest BCUT2D eigenvalue weighted by Gasteiger charge is -2.10. The van der Waals surface area contributed by atoms with Crippen molar-refractivity contribution in [2.75, 3.05) is 11.9 Å². The quantitative estimate of drug-likeness (QED) is 0.581. The van der Waals surface area contributed by atoms with Gasteiger partial charge in [0, 0.05) is 11.6 Å². The third-order valence-corrected chi connectivity index (χ3v) is 3.90. The Morgan fingerprint density at radius 1 is 1.00 bits per heavy atom. The van der Waals surface area contributed by atoms with Gasteiger partial charge in [0.15, 0.2) is 0 Å². The highest BCUT2D eigenvalue weighted by Crippen LogP contribution is 2.26. The number of ether oxygens (including phenoxy) is 1. The minimum Gasteiger partial charge on any atom is -0.494 e. The second-order valence-electron chi connectivity index (χ2n) is 5.18. The second-order valence-corrected chi connectivity index (χ2v) is 6.02. The maximum atomic E-state index is 6.14. The van der Waals surface area contributed by atoms with Crippen LogP contribution in [0.3, 0.4) is 0 Å². The molecule has 0 saturated carbocycles. The molecule has 0 aliphatic carbocycles. The summed E-state index contributed by atoms with van der Waals surface area (Å²) in [6.07, 6.45) is 3.53. The van der Waals surface area contributed by atoms with Crippen LogP contribution in [0.15, 0.2) is 42.5 Å². The first-order valence-electron chi connectivity index (χ1n) is 7.59. The predicted molar refractivity (Wildman–Crippen MR) is 95.3 cm³/mol. The van der Waals surface area contributed by atoms with Crippen LogP contribution in [0, 0.1) is 0 Å². The summed E-state index contributed by atoms with van der Waals surface area (Å²) in [4.78, 5) is 0. The third-order valence-electron chi connectivity index (χ3n) is 3.35. The summed E-state index contributed by atoms with van der Waals surface area (Å²) < 4.78 is 5.70. The van der Waals surface area contributed by atoms with Crippen LogP contribution in [0.25, 0.3) is 0 Å². The number of benzene rings is 2. The lowest BCUT2D eigenvalue weighted by atomic mass is 10.2. The smallest absolute Gasteiger partial charge is 0.119 e. The van der Waals surface area contributed by atoms with Gasteiger partial charge in [-0.05, 0) is 42.3 Å². The average Bonchev–Trinajstić information content (AvgIpc) is 2.52. The van der Waals surface area contributed by atoms with E-state index in [0.717, 1.165) is 24.5 Å². The predicted octanol–water partition coefficient (Wildman–Crippen LogP) is 6.17. The normalized spacial score (nSPS) is 10.5. The van der Waals surface area contributed by atoms with Gasteiger partial charge in [-0.15, -0.1) is 0 Å². The van der Waals surface area contributed by atoms with Gasteiger partial charge in [-0.3, -0.25) is 0 Å². The number of nitrogens with one attached hydrogen (secondary N) is 1. The molecule has 4 heteroatoms. The molecule has 1 N–H and O–H groups in total. The van der Waals surface area contributed by atoms with Gasteiger partial charge in [-0.2, -0.15) is 0 Å². The largest absolute Gasteiger partial charge is 0.494 e. The molecular formula is C18H21Cl2NO. The molecule has 0 bridgehead atoms. The maximum absolute atomic E-state index is 6.14. The minimum atomic E-state index is 0.628. The standard InChI is InChI=1S/C18H21Cl2NO/c1-2-3-4-11-22-16-8-5-14(6-9-16)13-21-18-10-7-15(19)12-17(18)20/h5-10,12,21H,2-4,11,13H2,1H3. The summed E-state index contributed by atoms with van der Waals surface area (Å²) in [5.41, 5.74) is 2.05. The van der Waals surface area contributed by atoms with Crippen molar-refractivity contribution in [1.82, 2.24) is 0 Å². The van der Waals surface area contributed by atoms with Gasteiger partial charge < -0.3 is 10.1 Å². The molecule has 0 aromatic heterocycles. The van der Waals surface area contributed by atoms with Gasteiger partial charge in [-0.25, -0.2) is 0 Å². The van der Waals surface area contributed by atoms with Crippen molar-refractivity contribution in [2.24, 2.45) is 0 Å². The van der Waals surface area contributed by atoms with E-state index in [1.165, 1.54) is 18.4 Å². The molecule has 0 spiro atoms. The molecule has 0 aliphatic rings. The van der Waals surface area contributed by atoms with Crippen LogP contribution in [-0.4, -0.2) is 6.61 Å². The maximum Gasteiger partial charge on any atom is 0.119 e. The van der Waals surface area contributed by atoms with Gasteiger partial charge in [0.1, 0.15) is 5.75 Å². The first kappa shape index (κ1) is 17.0. The number of hydrogen-bond acceptors (Lipinski definition) is 2. The molecule has 0 fully saturated rings. The van der Waals surface area contributed by atoms with Crippen LogP contribution < -0.4 is 10.1 Å². The lowest BCUT2D eigenvalue weighted by molar-refractivity contribution is 0.306. The number of rotatable bonds is 8. The first-order valence-corrected chi connectivity index (χ1v) is 8.35. The van der Waals surface area contributed by atoms with Crippen molar-refractivity contribution in [2.45, 2.75) is 32.7 Å². The van der Waals surface area contributed by atoms with Crippen LogP contribution in [0.1, 0.15) is 31.7 Å². The zero-order valence-corrected chi connectivity index (χ0v) is 14.3. The van der Waals surface area contributed by atoms with E-state index in [2.05, 4.69) is 24.4 Å². The van der Waals surface area contributed by atoms with Gasteiger partial charge in [-0.1, -0.05) is 55.1 Å². The fourth-order valence-electron chi connectivity index (χ4n) is 2.08. The molecule has 22 heavy (non-hydrogen) atoms. The van der Waals surface area contributed by atoms with Crippen LogP contribution in [0.4, 0.5) is 5.69 Å². The highest BCUT2D eigenvalue weighted by atomic mass is 35.5. The van der Waals surface area contributed by atoms with Crippen molar-refractivity contribution in [3.8, 4) is 5.75 Å². The monoisotopic (exact) mass is 337 g/mol. The molecule has 2 aromatic carbocycles. The van der Waals surface area contributed by atoms with Crippen LogP contribution in [-0.2, 0) is 6.54 Å². The van der Waals surface area contributed by atoms with Crippen LogP contribution in [0.5, 0.6) is 5.75 Å². The molecule has 2 rings (SSSR count). The molecule has 0 unspecified atom stereocenters.